The molecule has 0 N–H and O–H groups in total. The van der Waals surface area contributed by atoms with Gasteiger partial charge in [-0.3, -0.25) is 4.79 Å². The number of fused-ring (bicyclic) bond motifs is 1. The molecule has 0 aliphatic carbocycles. The fourth-order valence-corrected chi connectivity index (χ4v) is 3.43. The lowest BCUT2D eigenvalue weighted by atomic mass is 9.88. The predicted molar refractivity (Wildman–Crippen MR) is 91.8 cm³/mol. The van der Waals surface area contributed by atoms with Gasteiger partial charge in [0.2, 0.25) is 5.88 Å². The van der Waals surface area contributed by atoms with Crippen molar-refractivity contribution in [2.45, 2.75) is 25.1 Å². The van der Waals surface area contributed by atoms with Gasteiger partial charge in [-0.2, -0.15) is 18.3 Å². The van der Waals surface area contributed by atoms with E-state index in [1.54, 1.807) is 30.3 Å². The number of para-hydroxylation sites is 1. The molecule has 4 rings (SSSR count). The number of carbonyl (C=O) groups is 1. The average Bonchev–Trinajstić information content (AvgIpc) is 3.19. The van der Waals surface area contributed by atoms with Gasteiger partial charge in [0.1, 0.15) is 17.7 Å². The topological polar surface area (TPSA) is 44.1 Å². The lowest BCUT2D eigenvalue weighted by Gasteiger charge is -2.19. The standard InChI is InChI=1S/C20H14F4N2O2/c1-11(27)15-16-18(20(22,23)24)25-26(14-5-3-2-4-6-14)19(16)28-17(15)12-7-9-13(21)10-8-12/h2-10,15,17H,1H3/t15-,17+/m0/s1. The Morgan fingerprint density at radius 2 is 1.71 bits per heavy atom. The van der Waals surface area contributed by atoms with Crippen LogP contribution >= 0.6 is 0 Å². The van der Waals surface area contributed by atoms with Crippen molar-refractivity contribution in [3.05, 3.63) is 77.2 Å². The monoisotopic (exact) mass is 390 g/mol. The highest BCUT2D eigenvalue weighted by Crippen LogP contribution is 2.52. The van der Waals surface area contributed by atoms with Gasteiger partial charge in [-0.25, -0.2) is 9.07 Å². The van der Waals surface area contributed by atoms with Gasteiger partial charge in [0.05, 0.1) is 17.2 Å². The molecule has 4 nitrogen and oxygen atoms in total. The number of hydrogen-bond acceptors (Lipinski definition) is 3. The molecular formula is C20H14F4N2O2. The second-order valence-corrected chi connectivity index (χ2v) is 6.49. The van der Waals surface area contributed by atoms with Gasteiger partial charge in [0, 0.05) is 0 Å². The Morgan fingerprint density at radius 3 is 2.29 bits per heavy atom. The summed E-state index contributed by atoms with van der Waals surface area (Å²) in [5.74, 6) is -2.32. The minimum absolute atomic E-state index is 0.131. The summed E-state index contributed by atoms with van der Waals surface area (Å²) in [5.41, 5.74) is -0.670. The zero-order valence-corrected chi connectivity index (χ0v) is 14.6. The number of alkyl halides is 3. The predicted octanol–water partition coefficient (Wildman–Crippen LogP) is 4.84. The number of aromatic nitrogens is 2. The van der Waals surface area contributed by atoms with E-state index < -0.39 is 35.5 Å². The highest BCUT2D eigenvalue weighted by molar-refractivity contribution is 5.86. The van der Waals surface area contributed by atoms with E-state index in [2.05, 4.69) is 5.10 Å². The highest BCUT2D eigenvalue weighted by Gasteiger charge is 2.50. The number of ether oxygens (including phenoxy) is 1. The van der Waals surface area contributed by atoms with Crippen LogP contribution in [0.5, 0.6) is 5.88 Å². The number of carbonyl (C=O) groups excluding carboxylic acids is 1. The maximum atomic E-state index is 13.7. The second-order valence-electron chi connectivity index (χ2n) is 6.49. The van der Waals surface area contributed by atoms with Crippen LogP contribution in [0.4, 0.5) is 17.6 Å². The Morgan fingerprint density at radius 1 is 1.07 bits per heavy atom. The Balaban J connectivity index is 1.92. The van der Waals surface area contributed by atoms with Crippen molar-refractivity contribution in [2.24, 2.45) is 0 Å². The lowest BCUT2D eigenvalue weighted by Crippen LogP contribution is -2.20. The molecule has 0 amide bonds. The molecule has 0 saturated heterocycles. The second kappa shape index (κ2) is 6.47. The molecule has 144 valence electrons. The molecule has 0 spiro atoms. The van der Waals surface area contributed by atoms with Gasteiger partial charge >= 0.3 is 6.18 Å². The number of Topliss-reactive ketones (excluding diaryl/α,β-unsaturated/α-hetero) is 1. The van der Waals surface area contributed by atoms with E-state index in [1.807, 2.05) is 0 Å². The Labute approximate surface area is 157 Å². The molecule has 2 atom stereocenters. The molecule has 8 heteroatoms. The molecule has 0 radical (unpaired) electrons. The molecule has 0 fully saturated rings. The van der Waals surface area contributed by atoms with Crippen molar-refractivity contribution in [1.29, 1.82) is 0 Å². The van der Waals surface area contributed by atoms with Crippen LogP contribution in [0, 0.1) is 5.82 Å². The average molecular weight is 390 g/mol. The number of ketones is 1. The molecule has 1 aliphatic rings. The summed E-state index contributed by atoms with van der Waals surface area (Å²) >= 11 is 0. The fourth-order valence-electron chi connectivity index (χ4n) is 3.43. The minimum Gasteiger partial charge on any atom is -0.468 e. The van der Waals surface area contributed by atoms with Gasteiger partial charge in [-0.1, -0.05) is 30.3 Å². The van der Waals surface area contributed by atoms with Crippen LogP contribution in [0.1, 0.15) is 35.8 Å². The molecule has 0 bridgehead atoms. The van der Waals surface area contributed by atoms with Crippen LogP contribution in [0.2, 0.25) is 0 Å². The zero-order chi connectivity index (χ0) is 20.1. The van der Waals surface area contributed by atoms with Crippen molar-refractivity contribution in [2.75, 3.05) is 0 Å². The smallest absolute Gasteiger partial charge is 0.435 e. The van der Waals surface area contributed by atoms with Gasteiger partial charge < -0.3 is 4.74 Å². The molecule has 0 unspecified atom stereocenters. The number of nitrogens with zero attached hydrogens (tertiary/aromatic N) is 2. The molecule has 3 aromatic rings. The Bertz CT molecular complexity index is 1030. The van der Waals surface area contributed by atoms with Crippen molar-refractivity contribution in [1.82, 2.24) is 9.78 Å². The van der Waals surface area contributed by atoms with Crippen LogP contribution in [0.25, 0.3) is 5.69 Å². The third kappa shape index (κ3) is 2.94. The molecule has 1 aromatic heterocycles. The minimum atomic E-state index is -4.77. The third-order valence-corrected chi connectivity index (χ3v) is 4.64. The van der Waals surface area contributed by atoms with E-state index >= 15 is 0 Å². The summed E-state index contributed by atoms with van der Waals surface area (Å²) in [4.78, 5) is 12.3. The highest BCUT2D eigenvalue weighted by atomic mass is 19.4. The summed E-state index contributed by atoms with van der Waals surface area (Å²) in [6, 6.07) is 13.4. The maximum absolute atomic E-state index is 13.7. The summed E-state index contributed by atoms with van der Waals surface area (Å²) in [7, 11) is 0. The summed E-state index contributed by atoms with van der Waals surface area (Å²) in [6.07, 6.45) is -5.76. The quantitative estimate of drug-likeness (QED) is 0.602. The third-order valence-electron chi connectivity index (χ3n) is 4.64. The SMILES string of the molecule is CC(=O)[C@H]1c2c(C(F)(F)F)nn(-c3ccccc3)c2O[C@@H]1c1ccc(F)cc1. The van der Waals surface area contributed by atoms with E-state index in [0.717, 1.165) is 4.68 Å². The Hall–Kier alpha value is -3.16. The van der Waals surface area contributed by atoms with E-state index in [4.69, 9.17) is 4.74 Å². The van der Waals surface area contributed by atoms with E-state index in [9.17, 15) is 22.4 Å². The Kier molecular flexibility index (Phi) is 4.21. The molecular weight excluding hydrogens is 376 g/mol. The molecule has 2 aromatic carbocycles. The van der Waals surface area contributed by atoms with Crippen molar-refractivity contribution < 1.29 is 27.1 Å². The van der Waals surface area contributed by atoms with E-state index in [0.29, 0.717) is 11.3 Å². The fraction of sp³-hybridized carbons (Fsp3) is 0.200. The van der Waals surface area contributed by atoms with E-state index in [1.165, 1.54) is 31.2 Å². The van der Waals surface area contributed by atoms with E-state index in [-0.39, 0.29) is 11.4 Å². The first-order valence-corrected chi connectivity index (χ1v) is 8.45. The lowest BCUT2D eigenvalue weighted by molar-refractivity contribution is -0.142. The first-order chi connectivity index (χ1) is 13.3. The van der Waals surface area contributed by atoms with Gasteiger partial charge in [-0.05, 0) is 36.8 Å². The molecule has 1 aliphatic heterocycles. The van der Waals surface area contributed by atoms with Crippen LogP contribution < -0.4 is 4.74 Å². The van der Waals surface area contributed by atoms with Crippen LogP contribution in [0.15, 0.2) is 54.6 Å². The number of halogens is 4. The van der Waals surface area contributed by atoms with Crippen molar-refractivity contribution >= 4 is 5.78 Å². The van der Waals surface area contributed by atoms with Crippen molar-refractivity contribution in [3.63, 3.8) is 0 Å². The van der Waals surface area contributed by atoms with Gasteiger partial charge in [0.25, 0.3) is 0 Å². The van der Waals surface area contributed by atoms with Crippen LogP contribution in [-0.4, -0.2) is 15.6 Å². The zero-order valence-electron chi connectivity index (χ0n) is 14.6. The van der Waals surface area contributed by atoms with Crippen molar-refractivity contribution in [3.8, 4) is 11.6 Å². The number of hydrogen-bond donors (Lipinski definition) is 0. The summed E-state index contributed by atoms with van der Waals surface area (Å²) in [5, 5.41) is 3.70. The number of rotatable bonds is 3. The first kappa shape index (κ1) is 18.2. The number of benzene rings is 2. The van der Waals surface area contributed by atoms with Gasteiger partial charge in [0.15, 0.2) is 5.69 Å². The maximum Gasteiger partial charge on any atom is 0.435 e. The molecule has 28 heavy (non-hydrogen) atoms. The summed E-state index contributed by atoms with van der Waals surface area (Å²) < 4.78 is 61.2. The van der Waals surface area contributed by atoms with Crippen LogP contribution in [0.3, 0.4) is 0 Å². The molecule has 2 heterocycles. The van der Waals surface area contributed by atoms with Gasteiger partial charge in [-0.15, -0.1) is 0 Å². The first-order valence-electron chi connectivity index (χ1n) is 8.45. The van der Waals surface area contributed by atoms with Crippen LogP contribution in [-0.2, 0) is 11.0 Å². The molecule has 0 saturated carbocycles. The summed E-state index contributed by atoms with van der Waals surface area (Å²) in [6.45, 7) is 1.21. The normalized spacial score (nSPS) is 18.6. The largest absolute Gasteiger partial charge is 0.468 e.